The summed E-state index contributed by atoms with van der Waals surface area (Å²) in [7, 11) is 0. The van der Waals surface area contributed by atoms with Crippen LogP contribution in [0.4, 0.5) is 18.9 Å². The van der Waals surface area contributed by atoms with E-state index in [0.717, 1.165) is 28.8 Å². The summed E-state index contributed by atoms with van der Waals surface area (Å²) in [6.07, 6.45) is -2.90. The number of esters is 1. The zero-order chi connectivity index (χ0) is 27.6. The average Bonchev–Trinajstić information content (AvgIpc) is 3.36. The Kier molecular flexibility index (Phi) is 6.84. The van der Waals surface area contributed by atoms with Crippen LogP contribution in [0, 0.1) is 0 Å². The van der Waals surface area contributed by atoms with Gasteiger partial charge in [0.25, 0.3) is 5.91 Å². The van der Waals surface area contributed by atoms with Crippen molar-refractivity contribution in [2.24, 2.45) is 0 Å². The number of benzene rings is 3. The highest BCUT2D eigenvalue weighted by Crippen LogP contribution is 2.30. The van der Waals surface area contributed by atoms with Crippen LogP contribution in [-0.4, -0.2) is 26.5 Å². The summed E-state index contributed by atoms with van der Waals surface area (Å²) < 4.78 is 45.9. The second-order valence-corrected chi connectivity index (χ2v) is 8.72. The number of carbonyl (C=O) groups is 2. The van der Waals surface area contributed by atoms with Crippen LogP contribution in [0.5, 0.6) is 0 Å². The second-order valence-electron chi connectivity index (χ2n) is 8.72. The fraction of sp³-hybridized carbons (Fsp3) is 0.103. The van der Waals surface area contributed by atoms with E-state index >= 15 is 0 Å². The number of ether oxygens (including phenoxy) is 1. The van der Waals surface area contributed by atoms with Gasteiger partial charge < -0.3 is 10.1 Å². The molecular formula is C29H21F3N4O3. The third-order valence-corrected chi connectivity index (χ3v) is 5.92. The topological polar surface area (TPSA) is 85.6 Å². The Morgan fingerprint density at radius 2 is 1.69 bits per heavy atom. The van der Waals surface area contributed by atoms with Crippen LogP contribution in [0.15, 0.2) is 91.1 Å². The van der Waals surface area contributed by atoms with Crippen molar-refractivity contribution in [3.05, 3.63) is 108 Å². The molecule has 3 aromatic carbocycles. The molecule has 0 radical (unpaired) electrons. The van der Waals surface area contributed by atoms with Crippen LogP contribution in [0.1, 0.15) is 28.4 Å². The predicted octanol–water partition coefficient (Wildman–Crippen LogP) is 6.40. The Hall–Kier alpha value is -4.99. The highest BCUT2D eigenvalue weighted by Gasteiger charge is 2.30. The molecule has 10 heteroatoms. The minimum Gasteiger partial charge on any atom is -0.461 e. The monoisotopic (exact) mass is 530 g/mol. The minimum absolute atomic E-state index is 0.0999. The lowest BCUT2D eigenvalue weighted by Gasteiger charge is -2.11. The van der Waals surface area contributed by atoms with Gasteiger partial charge in [-0.3, -0.25) is 9.59 Å². The smallest absolute Gasteiger partial charge is 0.416 e. The van der Waals surface area contributed by atoms with Crippen LogP contribution in [0.25, 0.3) is 28.2 Å². The molecular weight excluding hydrogens is 509 g/mol. The van der Waals surface area contributed by atoms with Crippen molar-refractivity contribution in [3.63, 3.8) is 0 Å². The maximum absolute atomic E-state index is 13.1. The Bertz CT molecular complexity index is 1680. The summed E-state index contributed by atoms with van der Waals surface area (Å²) in [5, 5.41) is 7.37. The first-order chi connectivity index (χ1) is 18.7. The number of nitrogens with zero attached hydrogens (tertiary/aromatic N) is 3. The van der Waals surface area contributed by atoms with Gasteiger partial charge in [0.05, 0.1) is 17.0 Å². The van der Waals surface area contributed by atoms with Crippen LogP contribution < -0.4 is 5.32 Å². The van der Waals surface area contributed by atoms with E-state index in [9.17, 15) is 22.8 Å². The number of rotatable bonds is 6. The molecule has 0 atom stereocenters. The molecule has 0 spiro atoms. The molecule has 196 valence electrons. The van der Waals surface area contributed by atoms with Gasteiger partial charge in [0.2, 0.25) is 0 Å². The summed E-state index contributed by atoms with van der Waals surface area (Å²) in [5.74, 6) is -1.01. The minimum atomic E-state index is -4.54. The van der Waals surface area contributed by atoms with Crippen molar-refractivity contribution in [2.75, 3.05) is 5.32 Å². The van der Waals surface area contributed by atoms with E-state index in [-0.39, 0.29) is 18.1 Å². The van der Waals surface area contributed by atoms with Gasteiger partial charge in [-0.25, -0.2) is 9.50 Å². The average molecular weight is 531 g/mol. The highest BCUT2D eigenvalue weighted by molar-refractivity contribution is 6.04. The van der Waals surface area contributed by atoms with Gasteiger partial charge in [-0.05, 0) is 42.0 Å². The number of hydrogen-bond acceptors (Lipinski definition) is 5. The number of anilines is 1. The Labute approximate surface area is 220 Å². The van der Waals surface area contributed by atoms with Crippen LogP contribution in [0.2, 0.25) is 0 Å². The van der Waals surface area contributed by atoms with Gasteiger partial charge in [0, 0.05) is 41.6 Å². The summed E-state index contributed by atoms with van der Waals surface area (Å²) in [6, 6.07) is 22.3. The normalized spacial score (nSPS) is 11.4. The summed E-state index contributed by atoms with van der Waals surface area (Å²) in [5.41, 5.74) is 3.82. The zero-order valence-electron chi connectivity index (χ0n) is 20.6. The first-order valence-electron chi connectivity index (χ1n) is 11.8. The van der Waals surface area contributed by atoms with E-state index < -0.39 is 17.6 Å². The quantitative estimate of drug-likeness (QED) is 0.257. The van der Waals surface area contributed by atoms with Crippen molar-refractivity contribution in [2.45, 2.75) is 19.7 Å². The fourth-order valence-electron chi connectivity index (χ4n) is 4.01. The van der Waals surface area contributed by atoms with Crippen LogP contribution >= 0.6 is 0 Å². The Morgan fingerprint density at radius 1 is 0.923 bits per heavy atom. The van der Waals surface area contributed by atoms with Gasteiger partial charge in [-0.1, -0.05) is 42.5 Å². The Morgan fingerprint density at radius 3 is 2.44 bits per heavy atom. The van der Waals surface area contributed by atoms with Crippen LogP contribution in [0.3, 0.4) is 0 Å². The molecule has 5 rings (SSSR count). The van der Waals surface area contributed by atoms with Gasteiger partial charge >= 0.3 is 12.1 Å². The largest absolute Gasteiger partial charge is 0.461 e. The summed E-state index contributed by atoms with van der Waals surface area (Å²) >= 11 is 0. The predicted molar refractivity (Wildman–Crippen MR) is 139 cm³/mol. The molecule has 2 heterocycles. The first kappa shape index (κ1) is 25.7. The van der Waals surface area contributed by atoms with Crippen molar-refractivity contribution < 1.29 is 27.5 Å². The van der Waals surface area contributed by atoms with Gasteiger partial charge in [0.1, 0.15) is 6.61 Å². The SMILES string of the molecule is CC(=O)OCc1ccc(-c2cc3nccc(-c4cccc(NC(=O)c5cccc(C(F)(F)F)c5)c4)n3n2)cc1. The number of aromatic nitrogens is 3. The van der Waals surface area contributed by atoms with Crippen LogP contribution in [-0.2, 0) is 22.3 Å². The maximum atomic E-state index is 13.1. The van der Waals surface area contributed by atoms with Crippen molar-refractivity contribution in [1.82, 2.24) is 14.6 Å². The fourth-order valence-corrected chi connectivity index (χ4v) is 4.01. The number of halogens is 3. The van der Waals surface area contributed by atoms with E-state index in [1.54, 1.807) is 35.0 Å². The van der Waals surface area contributed by atoms with E-state index in [1.807, 2.05) is 36.4 Å². The molecule has 0 aliphatic heterocycles. The number of alkyl halides is 3. The number of amides is 1. The van der Waals surface area contributed by atoms with E-state index in [0.29, 0.717) is 22.7 Å². The number of carbonyl (C=O) groups excluding carboxylic acids is 2. The molecule has 5 aromatic rings. The molecule has 2 aromatic heterocycles. The standard InChI is InChI=1S/C29H21F3N4O3/c1-18(37)39-17-19-8-10-20(11-9-19)25-16-27-33-13-12-26(36(27)35-25)21-4-3-7-24(15-21)34-28(38)22-5-2-6-23(14-22)29(30,31)32/h2-16H,17H2,1H3,(H,34,38). The molecule has 7 nitrogen and oxygen atoms in total. The molecule has 1 amide bonds. The molecule has 0 aliphatic carbocycles. The van der Waals surface area contributed by atoms with E-state index in [1.165, 1.54) is 19.1 Å². The molecule has 0 saturated heterocycles. The number of fused-ring (bicyclic) bond motifs is 1. The van der Waals surface area contributed by atoms with E-state index in [2.05, 4.69) is 10.3 Å². The molecule has 0 bridgehead atoms. The summed E-state index contributed by atoms with van der Waals surface area (Å²) in [6.45, 7) is 1.54. The lowest BCUT2D eigenvalue weighted by atomic mass is 10.1. The second kappa shape index (κ2) is 10.4. The number of nitrogens with one attached hydrogen (secondary N) is 1. The molecule has 39 heavy (non-hydrogen) atoms. The third kappa shape index (κ3) is 5.80. The van der Waals surface area contributed by atoms with Crippen molar-refractivity contribution >= 4 is 23.2 Å². The Balaban J connectivity index is 1.40. The van der Waals surface area contributed by atoms with Crippen molar-refractivity contribution in [1.29, 1.82) is 0 Å². The van der Waals surface area contributed by atoms with E-state index in [4.69, 9.17) is 9.84 Å². The van der Waals surface area contributed by atoms with Gasteiger partial charge in [-0.15, -0.1) is 0 Å². The highest BCUT2D eigenvalue weighted by atomic mass is 19.4. The third-order valence-electron chi connectivity index (χ3n) is 5.92. The number of hydrogen-bond donors (Lipinski definition) is 1. The maximum Gasteiger partial charge on any atom is 0.416 e. The van der Waals surface area contributed by atoms with Gasteiger partial charge in [0.15, 0.2) is 5.65 Å². The molecule has 1 N–H and O–H groups in total. The lowest BCUT2D eigenvalue weighted by molar-refractivity contribution is -0.142. The van der Waals surface area contributed by atoms with Crippen molar-refractivity contribution in [3.8, 4) is 22.5 Å². The molecule has 0 fully saturated rings. The van der Waals surface area contributed by atoms with Gasteiger partial charge in [-0.2, -0.15) is 18.3 Å². The lowest BCUT2D eigenvalue weighted by Crippen LogP contribution is -2.14. The summed E-state index contributed by atoms with van der Waals surface area (Å²) in [4.78, 5) is 28.1. The molecule has 0 aliphatic rings. The zero-order valence-corrected chi connectivity index (χ0v) is 20.6. The molecule has 0 saturated carbocycles. The molecule has 0 unspecified atom stereocenters. The first-order valence-corrected chi connectivity index (χ1v) is 11.8.